The largest absolute Gasteiger partial charge is 0.396 e. The van der Waals surface area contributed by atoms with E-state index in [1.54, 1.807) is 11.3 Å². The first kappa shape index (κ1) is 13.7. The Kier molecular flexibility index (Phi) is 4.92. The zero-order valence-corrected chi connectivity index (χ0v) is 12.7. The van der Waals surface area contributed by atoms with E-state index in [-0.39, 0.29) is 6.61 Å². The molecular weight excluding hydrogens is 310 g/mol. The van der Waals surface area contributed by atoms with Gasteiger partial charge in [-0.05, 0) is 43.9 Å². The molecule has 1 N–H and O–H groups in total. The number of nitrogens with zero attached hydrogens (tertiary/aromatic N) is 1. The Morgan fingerprint density at radius 3 is 2.94 bits per heavy atom. The van der Waals surface area contributed by atoms with Crippen LogP contribution in [0.4, 0.5) is 0 Å². The number of benzene rings is 1. The number of aryl methyl sites for hydroxylation is 2. The molecule has 0 bridgehead atoms. The van der Waals surface area contributed by atoms with Gasteiger partial charge in [0, 0.05) is 22.0 Å². The van der Waals surface area contributed by atoms with E-state index in [9.17, 15) is 0 Å². The van der Waals surface area contributed by atoms with Crippen molar-refractivity contribution in [3.05, 3.63) is 38.6 Å². The van der Waals surface area contributed by atoms with Gasteiger partial charge in [-0.15, -0.1) is 11.3 Å². The number of rotatable bonds is 5. The van der Waals surface area contributed by atoms with Gasteiger partial charge >= 0.3 is 0 Å². The standard InChI is InChI=1S/C14H16BrNOS/c1-10-5-6-11(15)8-12(10)13-9-18-14(16-13)4-2-3-7-17/h5-6,8-9,17H,2-4,7H2,1H3. The van der Waals surface area contributed by atoms with Gasteiger partial charge < -0.3 is 5.11 Å². The number of aliphatic hydroxyl groups excluding tert-OH is 1. The minimum atomic E-state index is 0.267. The second-order valence-corrected chi connectivity index (χ2v) is 6.12. The number of thiazole rings is 1. The third kappa shape index (κ3) is 3.40. The molecule has 0 unspecified atom stereocenters. The maximum Gasteiger partial charge on any atom is 0.0932 e. The SMILES string of the molecule is Cc1ccc(Br)cc1-c1csc(CCCCO)n1. The average molecular weight is 326 g/mol. The van der Waals surface area contributed by atoms with Crippen molar-refractivity contribution < 1.29 is 5.11 Å². The number of hydrogen-bond acceptors (Lipinski definition) is 3. The van der Waals surface area contributed by atoms with Crippen LogP contribution < -0.4 is 0 Å². The highest BCUT2D eigenvalue weighted by molar-refractivity contribution is 9.10. The molecule has 96 valence electrons. The summed E-state index contributed by atoms with van der Waals surface area (Å²) < 4.78 is 1.08. The predicted molar refractivity (Wildman–Crippen MR) is 80.0 cm³/mol. The van der Waals surface area contributed by atoms with E-state index >= 15 is 0 Å². The van der Waals surface area contributed by atoms with E-state index in [0.717, 1.165) is 34.4 Å². The molecule has 2 rings (SSSR count). The maximum absolute atomic E-state index is 8.77. The average Bonchev–Trinajstić information content (AvgIpc) is 2.81. The summed E-state index contributed by atoms with van der Waals surface area (Å²) in [5.41, 5.74) is 3.48. The lowest BCUT2D eigenvalue weighted by molar-refractivity contribution is 0.284. The van der Waals surface area contributed by atoms with Gasteiger partial charge in [-0.2, -0.15) is 0 Å². The first-order chi connectivity index (χ1) is 8.70. The van der Waals surface area contributed by atoms with Crippen LogP contribution in [-0.2, 0) is 6.42 Å². The lowest BCUT2D eigenvalue weighted by Gasteiger charge is -2.03. The Balaban J connectivity index is 2.16. The predicted octanol–water partition coefficient (Wildman–Crippen LogP) is 4.20. The summed E-state index contributed by atoms with van der Waals surface area (Å²) in [6.07, 6.45) is 2.81. The summed E-state index contributed by atoms with van der Waals surface area (Å²) in [6, 6.07) is 6.26. The molecule has 1 heterocycles. The van der Waals surface area contributed by atoms with Gasteiger partial charge in [0.1, 0.15) is 0 Å². The molecule has 0 saturated carbocycles. The van der Waals surface area contributed by atoms with E-state index in [4.69, 9.17) is 5.11 Å². The first-order valence-corrected chi connectivity index (χ1v) is 7.70. The number of hydrogen-bond donors (Lipinski definition) is 1. The number of aromatic nitrogens is 1. The minimum Gasteiger partial charge on any atom is -0.396 e. The van der Waals surface area contributed by atoms with Crippen molar-refractivity contribution in [1.82, 2.24) is 4.98 Å². The lowest BCUT2D eigenvalue weighted by Crippen LogP contribution is -1.89. The van der Waals surface area contributed by atoms with Crippen LogP contribution in [0, 0.1) is 6.92 Å². The highest BCUT2D eigenvalue weighted by Gasteiger charge is 2.07. The molecule has 4 heteroatoms. The minimum absolute atomic E-state index is 0.267. The molecular formula is C14H16BrNOS. The molecule has 0 fully saturated rings. The molecule has 0 amide bonds. The molecule has 0 atom stereocenters. The van der Waals surface area contributed by atoms with Gasteiger partial charge in [0.25, 0.3) is 0 Å². The first-order valence-electron chi connectivity index (χ1n) is 6.02. The molecule has 18 heavy (non-hydrogen) atoms. The van der Waals surface area contributed by atoms with Crippen LogP contribution in [0.3, 0.4) is 0 Å². The molecule has 2 nitrogen and oxygen atoms in total. The Morgan fingerprint density at radius 2 is 2.17 bits per heavy atom. The second kappa shape index (κ2) is 6.45. The van der Waals surface area contributed by atoms with E-state index in [1.807, 2.05) is 6.07 Å². The van der Waals surface area contributed by atoms with Crippen LogP contribution in [0.1, 0.15) is 23.4 Å². The van der Waals surface area contributed by atoms with Gasteiger partial charge in [-0.3, -0.25) is 0 Å². The molecule has 0 aliphatic heterocycles. The van der Waals surface area contributed by atoms with Crippen LogP contribution in [0.25, 0.3) is 11.3 Å². The van der Waals surface area contributed by atoms with Crippen LogP contribution >= 0.6 is 27.3 Å². The number of unbranched alkanes of at least 4 members (excludes halogenated alkanes) is 1. The fourth-order valence-electron chi connectivity index (χ4n) is 1.81. The van der Waals surface area contributed by atoms with Gasteiger partial charge in [0.15, 0.2) is 0 Å². The zero-order valence-electron chi connectivity index (χ0n) is 10.3. The Hall–Kier alpha value is -0.710. The monoisotopic (exact) mass is 325 g/mol. The third-order valence-electron chi connectivity index (χ3n) is 2.83. The van der Waals surface area contributed by atoms with Crippen molar-refractivity contribution >= 4 is 27.3 Å². The smallest absolute Gasteiger partial charge is 0.0932 e. The van der Waals surface area contributed by atoms with Crippen LogP contribution in [0.15, 0.2) is 28.1 Å². The Labute approximate surface area is 120 Å². The summed E-state index contributed by atoms with van der Waals surface area (Å²) in [7, 11) is 0. The maximum atomic E-state index is 8.77. The van der Waals surface area contributed by atoms with E-state index in [0.29, 0.717) is 0 Å². The van der Waals surface area contributed by atoms with E-state index < -0.39 is 0 Å². The topological polar surface area (TPSA) is 33.1 Å². The van der Waals surface area contributed by atoms with Gasteiger partial charge in [-0.1, -0.05) is 22.0 Å². The molecule has 2 aromatic rings. The normalized spacial score (nSPS) is 10.8. The highest BCUT2D eigenvalue weighted by Crippen LogP contribution is 2.28. The van der Waals surface area contributed by atoms with Gasteiger partial charge in [0.05, 0.1) is 10.7 Å². The van der Waals surface area contributed by atoms with Crippen LogP contribution in [0.2, 0.25) is 0 Å². The van der Waals surface area contributed by atoms with Gasteiger partial charge in [-0.25, -0.2) is 4.98 Å². The quantitative estimate of drug-likeness (QED) is 0.836. The van der Waals surface area contributed by atoms with Crippen molar-refractivity contribution in [2.24, 2.45) is 0 Å². The van der Waals surface area contributed by atoms with E-state index in [2.05, 4.69) is 45.4 Å². The molecule has 0 aliphatic carbocycles. The van der Waals surface area contributed by atoms with Crippen molar-refractivity contribution in [1.29, 1.82) is 0 Å². The summed E-state index contributed by atoms with van der Waals surface area (Å²) in [5, 5.41) is 12.0. The number of halogens is 1. The lowest BCUT2D eigenvalue weighted by atomic mass is 10.1. The Bertz CT molecular complexity index is 524. The molecule has 0 saturated heterocycles. The van der Waals surface area contributed by atoms with Gasteiger partial charge in [0.2, 0.25) is 0 Å². The zero-order chi connectivity index (χ0) is 13.0. The second-order valence-electron chi connectivity index (χ2n) is 4.27. The summed E-state index contributed by atoms with van der Waals surface area (Å²) in [6.45, 7) is 2.37. The van der Waals surface area contributed by atoms with Crippen LogP contribution in [-0.4, -0.2) is 16.7 Å². The fourth-order valence-corrected chi connectivity index (χ4v) is 3.01. The van der Waals surface area contributed by atoms with Crippen molar-refractivity contribution in [3.63, 3.8) is 0 Å². The van der Waals surface area contributed by atoms with Crippen molar-refractivity contribution in [3.8, 4) is 11.3 Å². The molecule has 0 spiro atoms. The Morgan fingerprint density at radius 1 is 1.33 bits per heavy atom. The molecule has 1 aromatic carbocycles. The highest BCUT2D eigenvalue weighted by atomic mass is 79.9. The van der Waals surface area contributed by atoms with Crippen molar-refractivity contribution in [2.45, 2.75) is 26.2 Å². The number of aliphatic hydroxyl groups is 1. The third-order valence-corrected chi connectivity index (χ3v) is 4.23. The summed E-state index contributed by atoms with van der Waals surface area (Å²) in [5.74, 6) is 0. The molecule has 1 aromatic heterocycles. The molecule has 0 aliphatic rings. The molecule has 0 radical (unpaired) electrons. The summed E-state index contributed by atoms with van der Waals surface area (Å²) >= 11 is 5.20. The van der Waals surface area contributed by atoms with E-state index in [1.165, 1.54) is 11.1 Å². The summed E-state index contributed by atoms with van der Waals surface area (Å²) in [4.78, 5) is 4.67. The van der Waals surface area contributed by atoms with Crippen molar-refractivity contribution in [2.75, 3.05) is 6.61 Å². The van der Waals surface area contributed by atoms with Crippen LogP contribution in [0.5, 0.6) is 0 Å². The fraction of sp³-hybridized carbons (Fsp3) is 0.357.